The standard InChI is InChI=1S/C14H11F4N3/c15-11-5-8(1-2-10(11)14(16,17)18)13-9-6-19-4-3-12(9)20-7-21-13/h1-2,5,7,19H,3-4,6H2. The van der Waals surface area contributed by atoms with Gasteiger partial charge in [-0.05, 0) is 12.1 Å². The highest BCUT2D eigenvalue weighted by Gasteiger charge is 2.34. The van der Waals surface area contributed by atoms with Crippen LogP contribution in [0.3, 0.4) is 0 Å². The zero-order chi connectivity index (χ0) is 15.0. The Morgan fingerprint density at radius 1 is 1.14 bits per heavy atom. The molecule has 0 bridgehead atoms. The van der Waals surface area contributed by atoms with E-state index < -0.39 is 17.6 Å². The highest BCUT2D eigenvalue weighted by molar-refractivity contribution is 5.64. The third kappa shape index (κ3) is 2.61. The SMILES string of the molecule is Fc1cc(-c2ncnc3c2CNCC3)ccc1C(F)(F)F. The third-order valence-corrected chi connectivity index (χ3v) is 3.42. The van der Waals surface area contributed by atoms with E-state index in [0.717, 1.165) is 29.9 Å². The molecule has 110 valence electrons. The van der Waals surface area contributed by atoms with Crippen LogP contribution in [0.15, 0.2) is 24.5 Å². The van der Waals surface area contributed by atoms with Crippen molar-refractivity contribution in [3.63, 3.8) is 0 Å². The fourth-order valence-corrected chi connectivity index (χ4v) is 2.41. The van der Waals surface area contributed by atoms with Crippen LogP contribution in [0.25, 0.3) is 11.3 Å². The Kier molecular flexibility index (Phi) is 3.36. The van der Waals surface area contributed by atoms with Crippen molar-refractivity contribution in [3.05, 3.63) is 47.2 Å². The number of nitrogens with one attached hydrogen (secondary N) is 1. The van der Waals surface area contributed by atoms with Crippen molar-refractivity contribution in [2.45, 2.75) is 19.1 Å². The summed E-state index contributed by atoms with van der Waals surface area (Å²) in [5, 5.41) is 3.15. The molecule has 21 heavy (non-hydrogen) atoms. The van der Waals surface area contributed by atoms with Crippen molar-refractivity contribution in [1.29, 1.82) is 0 Å². The molecule has 1 aromatic carbocycles. The van der Waals surface area contributed by atoms with E-state index in [9.17, 15) is 17.6 Å². The molecule has 1 aromatic heterocycles. The first kappa shape index (κ1) is 13.9. The normalized spacial score (nSPS) is 14.9. The van der Waals surface area contributed by atoms with Gasteiger partial charge in [-0.25, -0.2) is 14.4 Å². The van der Waals surface area contributed by atoms with Crippen LogP contribution in [0.2, 0.25) is 0 Å². The van der Waals surface area contributed by atoms with Gasteiger partial charge in [-0.15, -0.1) is 0 Å². The summed E-state index contributed by atoms with van der Waals surface area (Å²) < 4.78 is 51.4. The van der Waals surface area contributed by atoms with E-state index in [2.05, 4.69) is 15.3 Å². The lowest BCUT2D eigenvalue weighted by Gasteiger charge is -2.19. The molecule has 0 atom stereocenters. The number of aromatic nitrogens is 2. The number of halogens is 4. The van der Waals surface area contributed by atoms with Crippen LogP contribution in [0.4, 0.5) is 17.6 Å². The molecule has 0 amide bonds. The zero-order valence-electron chi connectivity index (χ0n) is 10.8. The summed E-state index contributed by atoms with van der Waals surface area (Å²) in [5.74, 6) is -1.30. The molecular formula is C14H11F4N3. The number of alkyl halides is 3. The van der Waals surface area contributed by atoms with E-state index in [1.54, 1.807) is 0 Å². The summed E-state index contributed by atoms with van der Waals surface area (Å²) in [6.07, 6.45) is -2.63. The van der Waals surface area contributed by atoms with Gasteiger partial charge in [0.05, 0.1) is 17.0 Å². The molecule has 0 unspecified atom stereocenters. The Labute approximate surface area is 118 Å². The minimum atomic E-state index is -4.70. The van der Waals surface area contributed by atoms with Gasteiger partial charge in [0.15, 0.2) is 0 Å². The number of hydrogen-bond donors (Lipinski definition) is 1. The average Bonchev–Trinajstić information content (AvgIpc) is 2.45. The second kappa shape index (κ2) is 5.07. The summed E-state index contributed by atoms with van der Waals surface area (Å²) in [6.45, 7) is 1.30. The van der Waals surface area contributed by atoms with Crippen LogP contribution in [0.5, 0.6) is 0 Å². The minimum Gasteiger partial charge on any atom is -0.312 e. The van der Waals surface area contributed by atoms with E-state index in [0.29, 0.717) is 24.2 Å². The molecule has 3 nitrogen and oxygen atoms in total. The topological polar surface area (TPSA) is 37.8 Å². The number of rotatable bonds is 1. The highest BCUT2D eigenvalue weighted by Crippen LogP contribution is 2.34. The quantitative estimate of drug-likeness (QED) is 0.822. The predicted octanol–water partition coefficient (Wildman–Crippen LogP) is 2.95. The summed E-state index contributed by atoms with van der Waals surface area (Å²) in [4.78, 5) is 8.26. The van der Waals surface area contributed by atoms with Crippen LogP contribution >= 0.6 is 0 Å². The maximum absolute atomic E-state index is 13.7. The summed E-state index contributed by atoms with van der Waals surface area (Å²) in [7, 11) is 0. The first-order valence-corrected chi connectivity index (χ1v) is 6.37. The Bertz CT molecular complexity index is 682. The van der Waals surface area contributed by atoms with E-state index in [4.69, 9.17) is 0 Å². The van der Waals surface area contributed by atoms with Crippen molar-refractivity contribution in [3.8, 4) is 11.3 Å². The van der Waals surface area contributed by atoms with Crippen molar-refractivity contribution in [2.75, 3.05) is 6.54 Å². The molecule has 0 fully saturated rings. The summed E-state index contributed by atoms with van der Waals surface area (Å²) in [5.41, 5.74) is 1.18. The van der Waals surface area contributed by atoms with Crippen LogP contribution in [0.1, 0.15) is 16.8 Å². The predicted molar refractivity (Wildman–Crippen MR) is 67.8 cm³/mol. The maximum Gasteiger partial charge on any atom is 0.419 e. The molecule has 0 spiro atoms. The molecule has 0 saturated carbocycles. The van der Waals surface area contributed by atoms with Crippen molar-refractivity contribution in [2.24, 2.45) is 0 Å². The molecule has 3 rings (SSSR count). The molecule has 7 heteroatoms. The van der Waals surface area contributed by atoms with Gasteiger partial charge in [-0.1, -0.05) is 6.07 Å². The van der Waals surface area contributed by atoms with Gasteiger partial charge in [0, 0.05) is 30.6 Å². The second-order valence-electron chi connectivity index (χ2n) is 4.77. The van der Waals surface area contributed by atoms with Crippen LogP contribution in [0, 0.1) is 5.82 Å². The van der Waals surface area contributed by atoms with Gasteiger partial charge >= 0.3 is 6.18 Å². The van der Waals surface area contributed by atoms with E-state index in [1.165, 1.54) is 12.4 Å². The molecular weight excluding hydrogens is 286 g/mol. The van der Waals surface area contributed by atoms with Crippen molar-refractivity contribution in [1.82, 2.24) is 15.3 Å². The lowest BCUT2D eigenvalue weighted by Crippen LogP contribution is -2.25. The second-order valence-corrected chi connectivity index (χ2v) is 4.77. The van der Waals surface area contributed by atoms with Gasteiger partial charge in [-0.2, -0.15) is 13.2 Å². The molecule has 2 aromatic rings. The number of fused-ring (bicyclic) bond motifs is 1. The first-order chi connectivity index (χ1) is 9.97. The van der Waals surface area contributed by atoms with Gasteiger partial charge in [-0.3, -0.25) is 0 Å². The molecule has 1 aliphatic rings. The van der Waals surface area contributed by atoms with Gasteiger partial charge in [0.1, 0.15) is 12.1 Å². The van der Waals surface area contributed by atoms with Crippen molar-refractivity contribution >= 4 is 0 Å². The summed E-state index contributed by atoms with van der Waals surface area (Å²) >= 11 is 0. The maximum atomic E-state index is 13.7. The largest absolute Gasteiger partial charge is 0.419 e. The highest BCUT2D eigenvalue weighted by atomic mass is 19.4. The zero-order valence-corrected chi connectivity index (χ0v) is 10.8. The monoisotopic (exact) mass is 297 g/mol. The molecule has 0 saturated heterocycles. The first-order valence-electron chi connectivity index (χ1n) is 6.37. The third-order valence-electron chi connectivity index (χ3n) is 3.42. The number of nitrogens with zero attached hydrogens (tertiary/aromatic N) is 2. The molecule has 1 aliphatic heterocycles. The molecule has 1 N–H and O–H groups in total. The molecule has 2 heterocycles. The van der Waals surface area contributed by atoms with E-state index >= 15 is 0 Å². The summed E-state index contributed by atoms with van der Waals surface area (Å²) in [6, 6.07) is 2.86. The van der Waals surface area contributed by atoms with E-state index in [-0.39, 0.29) is 0 Å². The Morgan fingerprint density at radius 3 is 2.67 bits per heavy atom. The lowest BCUT2D eigenvalue weighted by molar-refractivity contribution is -0.139. The van der Waals surface area contributed by atoms with Gasteiger partial charge < -0.3 is 5.32 Å². The van der Waals surface area contributed by atoms with E-state index in [1.807, 2.05) is 0 Å². The Balaban J connectivity index is 2.08. The van der Waals surface area contributed by atoms with Crippen molar-refractivity contribution < 1.29 is 17.6 Å². The van der Waals surface area contributed by atoms with Crippen LogP contribution in [-0.2, 0) is 19.1 Å². The fraction of sp³-hybridized carbons (Fsp3) is 0.286. The smallest absolute Gasteiger partial charge is 0.312 e. The van der Waals surface area contributed by atoms with Crippen LogP contribution < -0.4 is 5.32 Å². The van der Waals surface area contributed by atoms with Crippen LogP contribution in [-0.4, -0.2) is 16.5 Å². The lowest BCUT2D eigenvalue weighted by atomic mass is 9.99. The number of hydrogen-bond acceptors (Lipinski definition) is 3. The Hall–Kier alpha value is -2.02. The fourth-order valence-electron chi connectivity index (χ4n) is 2.41. The Morgan fingerprint density at radius 2 is 1.95 bits per heavy atom. The molecule has 0 aliphatic carbocycles. The van der Waals surface area contributed by atoms with Gasteiger partial charge in [0.25, 0.3) is 0 Å². The van der Waals surface area contributed by atoms with Gasteiger partial charge in [0.2, 0.25) is 0 Å². The average molecular weight is 297 g/mol. The minimum absolute atomic E-state index is 0.322. The molecule has 0 radical (unpaired) electrons. The number of benzene rings is 1.